The van der Waals surface area contributed by atoms with Crippen LogP contribution >= 0.6 is 27.5 Å². The minimum atomic E-state index is 0.0841. The molecule has 0 fully saturated rings. The van der Waals surface area contributed by atoms with Crippen molar-refractivity contribution in [1.82, 2.24) is 5.32 Å². The van der Waals surface area contributed by atoms with E-state index in [1.54, 1.807) is 13.2 Å². The third kappa shape index (κ3) is 4.50. The van der Waals surface area contributed by atoms with Gasteiger partial charge >= 0.3 is 0 Å². The fraction of sp³-hybridized carbons (Fsp3) is 0.375. The number of nitrogens with one attached hydrogen (secondary N) is 1. The number of hydrogen-bond donors (Lipinski definition) is 1. The Kier molecular flexibility index (Phi) is 6.15. The van der Waals surface area contributed by atoms with Crippen molar-refractivity contribution in [3.8, 4) is 5.75 Å². The zero-order valence-corrected chi connectivity index (χ0v) is 14.5. The molecule has 0 amide bonds. The molecule has 2 aromatic rings. The first kappa shape index (κ1) is 16.4. The van der Waals surface area contributed by atoms with Crippen molar-refractivity contribution in [2.24, 2.45) is 0 Å². The van der Waals surface area contributed by atoms with Crippen LogP contribution in [-0.2, 0) is 6.42 Å². The summed E-state index contributed by atoms with van der Waals surface area (Å²) in [4.78, 5) is 0. The van der Waals surface area contributed by atoms with Gasteiger partial charge in [0, 0.05) is 4.47 Å². The second-order valence-corrected chi connectivity index (χ2v) is 6.04. The molecule has 3 nitrogen and oxygen atoms in total. The summed E-state index contributed by atoms with van der Waals surface area (Å²) >= 11 is 9.49. The van der Waals surface area contributed by atoms with Crippen LogP contribution < -0.4 is 10.1 Å². The lowest BCUT2D eigenvalue weighted by molar-refractivity contribution is 0.405. The van der Waals surface area contributed by atoms with E-state index >= 15 is 0 Å². The van der Waals surface area contributed by atoms with Crippen LogP contribution in [0.1, 0.15) is 30.7 Å². The van der Waals surface area contributed by atoms with E-state index in [4.69, 9.17) is 20.8 Å². The molecule has 0 radical (unpaired) electrons. The first-order valence-electron chi connectivity index (χ1n) is 6.95. The zero-order chi connectivity index (χ0) is 15.2. The number of rotatable bonds is 7. The molecule has 1 atom stereocenters. The largest absolute Gasteiger partial charge is 0.497 e. The zero-order valence-electron chi connectivity index (χ0n) is 12.2. The van der Waals surface area contributed by atoms with Gasteiger partial charge in [-0.3, -0.25) is 0 Å². The lowest BCUT2D eigenvalue weighted by Gasteiger charge is -2.17. The number of methoxy groups -OCH3 is 1. The number of hydrogen-bond acceptors (Lipinski definition) is 3. The number of ether oxygens (including phenoxy) is 1. The Morgan fingerprint density at radius 3 is 2.76 bits per heavy atom. The van der Waals surface area contributed by atoms with E-state index in [2.05, 4.69) is 28.2 Å². The Bertz CT molecular complexity index is 585. The lowest BCUT2D eigenvalue weighted by Crippen LogP contribution is -2.23. The highest BCUT2D eigenvalue weighted by Gasteiger charge is 2.17. The van der Waals surface area contributed by atoms with Crippen molar-refractivity contribution >= 4 is 27.5 Å². The maximum atomic E-state index is 5.90. The summed E-state index contributed by atoms with van der Waals surface area (Å²) in [5, 5.41) is 3.91. The van der Waals surface area contributed by atoms with Crippen LogP contribution in [0.25, 0.3) is 0 Å². The first-order valence-corrected chi connectivity index (χ1v) is 8.12. The van der Waals surface area contributed by atoms with E-state index in [0.29, 0.717) is 5.22 Å². The molecule has 0 saturated heterocycles. The van der Waals surface area contributed by atoms with Crippen molar-refractivity contribution in [3.05, 3.63) is 51.3 Å². The van der Waals surface area contributed by atoms with Crippen LogP contribution in [0.2, 0.25) is 5.22 Å². The quantitative estimate of drug-likeness (QED) is 0.743. The molecule has 0 bridgehead atoms. The summed E-state index contributed by atoms with van der Waals surface area (Å²) in [7, 11) is 1.67. The molecule has 0 aliphatic heterocycles. The molecule has 21 heavy (non-hydrogen) atoms. The van der Waals surface area contributed by atoms with Crippen molar-refractivity contribution in [3.63, 3.8) is 0 Å². The molecule has 0 aliphatic rings. The molecule has 5 heteroatoms. The smallest absolute Gasteiger partial charge is 0.193 e. The van der Waals surface area contributed by atoms with Crippen LogP contribution in [0.3, 0.4) is 0 Å². The molecular weight excluding hydrogens is 354 g/mol. The topological polar surface area (TPSA) is 34.4 Å². The van der Waals surface area contributed by atoms with Crippen molar-refractivity contribution in [2.75, 3.05) is 13.7 Å². The van der Waals surface area contributed by atoms with Gasteiger partial charge in [0.25, 0.3) is 0 Å². The third-order valence-electron chi connectivity index (χ3n) is 3.26. The van der Waals surface area contributed by atoms with E-state index in [9.17, 15) is 0 Å². The Hall–Kier alpha value is -0.970. The Morgan fingerprint density at radius 2 is 2.14 bits per heavy atom. The standard InChI is InChI=1S/C16H19BrClNO2/c1-3-8-19-14(15-6-7-16(18)21-15)10-11-9-12(20-2)4-5-13(11)17/h4-7,9,14,19H,3,8,10H2,1-2H3. The molecule has 1 N–H and O–H groups in total. The Labute approximate surface area is 138 Å². The van der Waals surface area contributed by atoms with E-state index in [1.807, 2.05) is 24.3 Å². The van der Waals surface area contributed by atoms with E-state index in [0.717, 1.165) is 40.9 Å². The number of benzene rings is 1. The average molecular weight is 373 g/mol. The van der Waals surface area contributed by atoms with Gasteiger partial charge in [-0.25, -0.2) is 0 Å². The van der Waals surface area contributed by atoms with Gasteiger partial charge < -0.3 is 14.5 Å². The van der Waals surface area contributed by atoms with Gasteiger partial charge in [-0.1, -0.05) is 22.9 Å². The molecule has 1 unspecified atom stereocenters. The molecule has 1 aromatic heterocycles. The molecule has 0 saturated carbocycles. The van der Waals surface area contributed by atoms with Gasteiger partial charge in [0.05, 0.1) is 13.2 Å². The number of furan rings is 1. The monoisotopic (exact) mass is 371 g/mol. The predicted molar refractivity (Wildman–Crippen MR) is 89.2 cm³/mol. The maximum absolute atomic E-state index is 5.90. The Balaban J connectivity index is 2.22. The molecule has 0 aliphatic carbocycles. The second kappa shape index (κ2) is 7.87. The van der Waals surface area contributed by atoms with Crippen LogP contribution in [0.4, 0.5) is 0 Å². The highest BCUT2D eigenvalue weighted by Crippen LogP contribution is 2.29. The molecule has 2 rings (SSSR count). The van der Waals surface area contributed by atoms with Crippen molar-refractivity contribution in [2.45, 2.75) is 25.8 Å². The molecule has 1 heterocycles. The van der Waals surface area contributed by atoms with Crippen LogP contribution in [0.5, 0.6) is 5.75 Å². The van der Waals surface area contributed by atoms with Gasteiger partial charge in [-0.2, -0.15) is 0 Å². The van der Waals surface area contributed by atoms with Gasteiger partial charge in [0.1, 0.15) is 11.5 Å². The van der Waals surface area contributed by atoms with Gasteiger partial charge in [-0.05, 0) is 66.9 Å². The molecular formula is C16H19BrClNO2. The fourth-order valence-corrected chi connectivity index (χ4v) is 2.72. The summed E-state index contributed by atoms with van der Waals surface area (Å²) in [5.74, 6) is 1.70. The number of halogens is 2. The van der Waals surface area contributed by atoms with Crippen LogP contribution in [-0.4, -0.2) is 13.7 Å². The van der Waals surface area contributed by atoms with Gasteiger partial charge in [-0.15, -0.1) is 0 Å². The lowest BCUT2D eigenvalue weighted by atomic mass is 10.0. The summed E-state index contributed by atoms with van der Waals surface area (Å²) in [6, 6.07) is 9.75. The average Bonchev–Trinajstić information content (AvgIpc) is 2.91. The van der Waals surface area contributed by atoms with E-state index < -0.39 is 0 Å². The summed E-state index contributed by atoms with van der Waals surface area (Å²) in [5.41, 5.74) is 1.16. The molecule has 0 spiro atoms. The highest BCUT2D eigenvalue weighted by atomic mass is 79.9. The normalized spacial score (nSPS) is 12.4. The predicted octanol–water partition coefficient (Wildman–Crippen LogP) is 4.99. The van der Waals surface area contributed by atoms with E-state index in [-0.39, 0.29) is 6.04 Å². The minimum absolute atomic E-state index is 0.0841. The van der Waals surface area contributed by atoms with Gasteiger partial charge in [0.2, 0.25) is 0 Å². The SMILES string of the molecule is CCCNC(Cc1cc(OC)ccc1Br)c1ccc(Cl)o1. The minimum Gasteiger partial charge on any atom is -0.497 e. The second-order valence-electron chi connectivity index (χ2n) is 4.81. The van der Waals surface area contributed by atoms with Crippen molar-refractivity contribution < 1.29 is 9.15 Å². The fourth-order valence-electron chi connectivity index (χ4n) is 2.16. The van der Waals surface area contributed by atoms with Crippen LogP contribution in [0.15, 0.2) is 39.2 Å². The van der Waals surface area contributed by atoms with Gasteiger partial charge in [0.15, 0.2) is 5.22 Å². The first-order chi connectivity index (χ1) is 10.1. The Morgan fingerprint density at radius 1 is 1.33 bits per heavy atom. The molecule has 1 aromatic carbocycles. The highest BCUT2D eigenvalue weighted by molar-refractivity contribution is 9.10. The van der Waals surface area contributed by atoms with E-state index in [1.165, 1.54) is 0 Å². The summed E-state index contributed by atoms with van der Waals surface area (Å²) < 4.78 is 11.9. The summed E-state index contributed by atoms with van der Waals surface area (Å²) in [6.45, 7) is 3.06. The maximum Gasteiger partial charge on any atom is 0.193 e. The third-order valence-corrected chi connectivity index (χ3v) is 4.23. The molecule has 114 valence electrons. The van der Waals surface area contributed by atoms with Crippen LogP contribution in [0, 0.1) is 0 Å². The summed E-state index contributed by atoms with van der Waals surface area (Å²) in [6.07, 6.45) is 1.85. The van der Waals surface area contributed by atoms with Crippen molar-refractivity contribution in [1.29, 1.82) is 0 Å².